The second-order valence-electron chi connectivity index (χ2n) is 4.99. The highest BCUT2D eigenvalue weighted by Crippen LogP contribution is 2.21. The van der Waals surface area contributed by atoms with Crippen molar-refractivity contribution in [2.45, 2.75) is 12.6 Å². The van der Waals surface area contributed by atoms with Crippen molar-refractivity contribution in [1.29, 1.82) is 0 Å². The number of hydrogen-bond donors (Lipinski definition) is 1. The minimum atomic E-state index is -0.933. The highest BCUT2D eigenvalue weighted by molar-refractivity contribution is 6.31. The van der Waals surface area contributed by atoms with Crippen LogP contribution in [0.25, 0.3) is 11.0 Å². The van der Waals surface area contributed by atoms with E-state index in [1.165, 1.54) is 9.13 Å². The van der Waals surface area contributed by atoms with E-state index in [-0.39, 0.29) is 12.2 Å². The maximum atomic E-state index is 12.4. The topological polar surface area (TPSA) is 60.0 Å². The van der Waals surface area contributed by atoms with Crippen molar-refractivity contribution in [3.8, 4) is 0 Å². The maximum Gasteiger partial charge on any atom is 0.328 e. The highest BCUT2D eigenvalue weighted by atomic mass is 35.5. The number of pyridine rings is 1. The average Bonchev–Trinajstić information content (AvgIpc) is 2.72. The number of aromatic nitrogens is 3. The van der Waals surface area contributed by atoms with Crippen LogP contribution < -0.4 is 5.69 Å². The third-order valence-electron chi connectivity index (χ3n) is 3.54. The lowest BCUT2D eigenvalue weighted by Gasteiger charge is -2.11. The number of benzene rings is 1. The predicted octanol–water partition coefficient (Wildman–Crippen LogP) is 2.78. The van der Waals surface area contributed by atoms with Gasteiger partial charge in [0.1, 0.15) is 11.3 Å². The van der Waals surface area contributed by atoms with Crippen molar-refractivity contribution in [3.63, 3.8) is 0 Å². The molecule has 3 rings (SSSR count). The fourth-order valence-corrected chi connectivity index (χ4v) is 2.77. The first-order valence-electron chi connectivity index (χ1n) is 6.62. The van der Waals surface area contributed by atoms with Gasteiger partial charge in [0.2, 0.25) is 0 Å². The fourth-order valence-electron chi connectivity index (χ4n) is 2.43. The Morgan fingerprint density at radius 1 is 1.23 bits per heavy atom. The van der Waals surface area contributed by atoms with Gasteiger partial charge in [-0.25, -0.2) is 9.78 Å². The van der Waals surface area contributed by atoms with Crippen LogP contribution in [-0.2, 0) is 13.6 Å². The van der Waals surface area contributed by atoms with E-state index in [0.29, 0.717) is 26.9 Å². The molecular formula is C15H13Cl2N3O2. The molecule has 0 saturated heterocycles. The molecule has 0 bridgehead atoms. The summed E-state index contributed by atoms with van der Waals surface area (Å²) in [4.78, 5) is 16.4. The van der Waals surface area contributed by atoms with Crippen LogP contribution >= 0.6 is 23.2 Å². The van der Waals surface area contributed by atoms with Crippen molar-refractivity contribution < 1.29 is 5.11 Å². The van der Waals surface area contributed by atoms with E-state index < -0.39 is 6.10 Å². The van der Waals surface area contributed by atoms with Crippen LogP contribution in [-0.4, -0.2) is 19.2 Å². The van der Waals surface area contributed by atoms with Gasteiger partial charge in [-0.05, 0) is 30.3 Å². The van der Waals surface area contributed by atoms with Crippen LogP contribution in [0.5, 0.6) is 0 Å². The lowest BCUT2D eigenvalue weighted by atomic mass is 10.2. The Kier molecular flexibility index (Phi) is 3.95. The van der Waals surface area contributed by atoms with Crippen LogP contribution in [0.2, 0.25) is 10.2 Å². The predicted molar refractivity (Wildman–Crippen MR) is 86.4 cm³/mol. The molecule has 114 valence electrons. The molecule has 0 aliphatic rings. The molecule has 0 aliphatic heterocycles. The van der Waals surface area contributed by atoms with Gasteiger partial charge in [0, 0.05) is 12.1 Å². The number of aliphatic hydroxyl groups is 1. The van der Waals surface area contributed by atoms with E-state index in [1.54, 1.807) is 43.4 Å². The van der Waals surface area contributed by atoms with E-state index in [1.807, 2.05) is 0 Å². The summed E-state index contributed by atoms with van der Waals surface area (Å²) < 4.78 is 3.00. The number of halogens is 2. The van der Waals surface area contributed by atoms with Gasteiger partial charge in [0.05, 0.1) is 23.3 Å². The number of hydrogen-bond acceptors (Lipinski definition) is 3. The maximum absolute atomic E-state index is 12.4. The largest absolute Gasteiger partial charge is 0.385 e. The molecule has 0 radical (unpaired) electrons. The summed E-state index contributed by atoms with van der Waals surface area (Å²) >= 11 is 11.8. The van der Waals surface area contributed by atoms with Crippen molar-refractivity contribution in [2.24, 2.45) is 7.05 Å². The summed E-state index contributed by atoms with van der Waals surface area (Å²) in [5, 5.41) is 11.2. The molecule has 1 atom stereocenters. The molecule has 5 nitrogen and oxygen atoms in total. The fraction of sp³-hybridized carbons (Fsp3) is 0.200. The quantitative estimate of drug-likeness (QED) is 0.747. The zero-order valence-corrected chi connectivity index (χ0v) is 13.2. The second-order valence-corrected chi connectivity index (χ2v) is 5.81. The summed E-state index contributed by atoms with van der Waals surface area (Å²) in [6.45, 7) is 0.0884. The second kappa shape index (κ2) is 5.76. The van der Waals surface area contributed by atoms with Gasteiger partial charge in [0.25, 0.3) is 0 Å². The van der Waals surface area contributed by atoms with Gasteiger partial charge in [-0.2, -0.15) is 0 Å². The van der Waals surface area contributed by atoms with Gasteiger partial charge in [-0.15, -0.1) is 0 Å². The van der Waals surface area contributed by atoms with Crippen LogP contribution in [0.15, 0.2) is 41.2 Å². The van der Waals surface area contributed by atoms with Crippen LogP contribution in [0, 0.1) is 0 Å². The molecule has 7 heteroatoms. The van der Waals surface area contributed by atoms with Crippen molar-refractivity contribution in [3.05, 3.63) is 62.8 Å². The first kappa shape index (κ1) is 15.1. The van der Waals surface area contributed by atoms with E-state index in [9.17, 15) is 9.90 Å². The Bertz CT molecular complexity index is 901. The Hall–Kier alpha value is -1.82. The molecule has 2 aromatic heterocycles. The van der Waals surface area contributed by atoms with Gasteiger partial charge in [-0.1, -0.05) is 29.3 Å². The Morgan fingerprint density at radius 2 is 2.00 bits per heavy atom. The van der Waals surface area contributed by atoms with Gasteiger partial charge in [0.15, 0.2) is 0 Å². The first-order chi connectivity index (χ1) is 10.5. The minimum absolute atomic E-state index is 0.0884. The summed E-state index contributed by atoms with van der Waals surface area (Å²) in [7, 11) is 1.67. The zero-order valence-electron chi connectivity index (χ0n) is 11.7. The molecule has 1 aromatic carbocycles. The van der Waals surface area contributed by atoms with E-state index in [4.69, 9.17) is 23.2 Å². The zero-order chi connectivity index (χ0) is 15.9. The standard InChI is InChI=1S/C15H13Cl2N3O2/c1-19-12-7-9(16)5-6-11(12)20(15(19)22)8-13(21)10-3-2-4-14(17)18-10/h2-7,13,21H,8H2,1H3. The van der Waals surface area contributed by atoms with Crippen LogP contribution in [0.1, 0.15) is 11.8 Å². The van der Waals surface area contributed by atoms with Gasteiger partial charge in [-0.3, -0.25) is 9.13 Å². The van der Waals surface area contributed by atoms with Crippen molar-refractivity contribution >= 4 is 34.2 Å². The van der Waals surface area contributed by atoms with Crippen LogP contribution in [0.3, 0.4) is 0 Å². The van der Waals surface area contributed by atoms with Crippen LogP contribution in [0.4, 0.5) is 0 Å². The third-order valence-corrected chi connectivity index (χ3v) is 3.99. The summed E-state index contributed by atoms with van der Waals surface area (Å²) in [5.41, 5.74) is 1.62. The number of imidazole rings is 1. The summed E-state index contributed by atoms with van der Waals surface area (Å²) in [6.07, 6.45) is -0.933. The normalized spacial score (nSPS) is 12.7. The average molecular weight is 338 g/mol. The molecule has 1 N–H and O–H groups in total. The molecule has 0 amide bonds. The third kappa shape index (κ3) is 2.63. The molecule has 1 unspecified atom stereocenters. The van der Waals surface area contributed by atoms with E-state index in [2.05, 4.69) is 4.98 Å². The highest BCUT2D eigenvalue weighted by Gasteiger charge is 2.16. The molecule has 0 spiro atoms. The van der Waals surface area contributed by atoms with Crippen molar-refractivity contribution in [1.82, 2.24) is 14.1 Å². The molecule has 0 fully saturated rings. The minimum Gasteiger partial charge on any atom is -0.385 e. The summed E-state index contributed by atoms with van der Waals surface area (Å²) in [5.74, 6) is 0. The number of aliphatic hydroxyl groups excluding tert-OH is 1. The van der Waals surface area contributed by atoms with Gasteiger partial charge >= 0.3 is 5.69 Å². The molecule has 0 aliphatic carbocycles. The van der Waals surface area contributed by atoms with E-state index in [0.717, 1.165) is 0 Å². The Balaban J connectivity index is 2.04. The van der Waals surface area contributed by atoms with Gasteiger partial charge < -0.3 is 5.11 Å². The molecule has 3 aromatic rings. The monoisotopic (exact) mass is 337 g/mol. The molecular weight excluding hydrogens is 325 g/mol. The number of aryl methyl sites for hydroxylation is 1. The SMILES string of the molecule is Cn1c(=O)n(CC(O)c2cccc(Cl)n2)c2ccc(Cl)cc21. The molecule has 0 saturated carbocycles. The lowest BCUT2D eigenvalue weighted by Crippen LogP contribution is -2.25. The van der Waals surface area contributed by atoms with E-state index >= 15 is 0 Å². The Labute approximate surface area is 136 Å². The summed E-state index contributed by atoms with van der Waals surface area (Å²) in [6, 6.07) is 10.2. The molecule has 22 heavy (non-hydrogen) atoms. The Morgan fingerprint density at radius 3 is 2.73 bits per heavy atom. The molecule has 2 heterocycles. The number of nitrogens with zero attached hydrogens (tertiary/aromatic N) is 3. The number of rotatable bonds is 3. The number of fused-ring (bicyclic) bond motifs is 1. The lowest BCUT2D eigenvalue weighted by molar-refractivity contribution is 0.152. The first-order valence-corrected chi connectivity index (χ1v) is 7.38. The smallest absolute Gasteiger partial charge is 0.328 e. The van der Waals surface area contributed by atoms with Crippen molar-refractivity contribution in [2.75, 3.05) is 0 Å².